The van der Waals surface area contributed by atoms with Gasteiger partial charge in [0.05, 0.1) is 12.2 Å². The van der Waals surface area contributed by atoms with Crippen molar-refractivity contribution in [1.29, 1.82) is 0 Å². The van der Waals surface area contributed by atoms with Crippen molar-refractivity contribution in [3.63, 3.8) is 0 Å². The van der Waals surface area contributed by atoms with Gasteiger partial charge in [0.2, 0.25) is 5.88 Å². The molecule has 0 aliphatic heterocycles. The van der Waals surface area contributed by atoms with E-state index in [9.17, 15) is 13.2 Å². The second kappa shape index (κ2) is 11.0. The number of sulfonamides is 1. The monoisotopic (exact) mass is 586 g/mol. The van der Waals surface area contributed by atoms with Crippen LogP contribution in [0.15, 0.2) is 47.6 Å². The number of nitrogens with one attached hydrogen (secondary N) is 2. The minimum atomic E-state index is -4.25. The molecule has 1 amide bonds. The lowest BCUT2D eigenvalue weighted by Gasteiger charge is -2.17. The highest BCUT2D eigenvalue weighted by Crippen LogP contribution is 2.48. The zero-order valence-corrected chi connectivity index (χ0v) is 24.6. The molecule has 214 valence electrons. The van der Waals surface area contributed by atoms with Gasteiger partial charge in [-0.15, -0.1) is 5.10 Å². The number of aromatic nitrogens is 4. The maximum Gasteiger partial charge on any atom is 0.281 e. The Hall–Kier alpha value is -3.18. The fourth-order valence-corrected chi connectivity index (χ4v) is 6.16. The Morgan fingerprint density at radius 3 is 2.62 bits per heavy atom. The molecule has 0 saturated heterocycles. The minimum Gasteiger partial charge on any atom is -0.477 e. The summed E-state index contributed by atoms with van der Waals surface area (Å²) in [6.45, 7) is 8.06. The summed E-state index contributed by atoms with van der Waals surface area (Å²) >= 11 is 6.28. The number of ether oxygens (including phenoxy) is 1. The first-order chi connectivity index (χ1) is 18.9. The first kappa shape index (κ1) is 28.4. The molecule has 3 heterocycles. The molecule has 3 aromatic rings. The van der Waals surface area contributed by atoms with E-state index in [1.807, 2.05) is 4.72 Å². The SMILES string of the molecule is CC1(C)CCC(CNc2cccc(S(=O)(=O)NC(=O)c3ccc(-n4ccc(OCCC5(C)CC5)n4)nc3Cl)n2)C1. The van der Waals surface area contributed by atoms with Crippen LogP contribution >= 0.6 is 11.6 Å². The Morgan fingerprint density at radius 1 is 1.12 bits per heavy atom. The fraction of sp³-hybridized carbons (Fsp3) is 0.500. The maximum absolute atomic E-state index is 13.0. The van der Waals surface area contributed by atoms with E-state index in [0.717, 1.165) is 19.3 Å². The van der Waals surface area contributed by atoms with Crippen LogP contribution in [-0.2, 0) is 10.0 Å². The van der Waals surface area contributed by atoms with Gasteiger partial charge in [-0.2, -0.15) is 8.42 Å². The van der Waals surface area contributed by atoms with Crippen LogP contribution in [0.2, 0.25) is 5.15 Å². The fourth-order valence-electron chi connectivity index (χ4n) is 4.99. The number of carbonyl (C=O) groups is 1. The number of rotatable bonds is 11. The van der Waals surface area contributed by atoms with Gasteiger partial charge in [-0.25, -0.2) is 19.4 Å². The highest BCUT2D eigenvalue weighted by atomic mass is 35.5. The number of anilines is 1. The van der Waals surface area contributed by atoms with Crippen molar-refractivity contribution in [3.05, 3.63) is 53.3 Å². The number of halogens is 1. The van der Waals surface area contributed by atoms with Crippen LogP contribution in [0.1, 0.15) is 69.7 Å². The van der Waals surface area contributed by atoms with Gasteiger partial charge < -0.3 is 10.1 Å². The summed E-state index contributed by atoms with van der Waals surface area (Å²) in [7, 11) is -4.25. The van der Waals surface area contributed by atoms with Gasteiger partial charge >= 0.3 is 0 Å². The molecule has 0 bridgehead atoms. The molecule has 2 aliphatic carbocycles. The molecule has 2 N–H and O–H groups in total. The Labute approximate surface area is 239 Å². The third-order valence-corrected chi connectivity index (χ3v) is 9.33. The summed E-state index contributed by atoms with van der Waals surface area (Å²) in [6, 6.07) is 9.29. The van der Waals surface area contributed by atoms with Crippen molar-refractivity contribution in [2.75, 3.05) is 18.5 Å². The molecule has 1 atom stereocenters. The van der Waals surface area contributed by atoms with E-state index in [4.69, 9.17) is 16.3 Å². The summed E-state index contributed by atoms with van der Waals surface area (Å²) in [4.78, 5) is 21.3. The second-order valence-electron chi connectivity index (χ2n) is 12.0. The van der Waals surface area contributed by atoms with Crippen LogP contribution < -0.4 is 14.8 Å². The van der Waals surface area contributed by atoms with Crippen LogP contribution in [0.5, 0.6) is 5.88 Å². The third kappa shape index (κ3) is 6.93. The molecule has 2 saturated carbocycles. The number of pyridine rings is 2. The number of carbonyl (C=O) groups excluding carboxylic acids is 1. The summed E-state index contributed by atoms with van der Waals surface area (Å²) in [6.07, 6.45) is 8.51. The molecule has 2 fully saturated rings. The molecular weight excluding hydrogens is 552 g/mol. The summed E-state index contributed by atoms with van der Waals surface area (Å²) in [5.41, 5.74) is 0.630. The van der Waals surface area contributed by atoms with E-state index in [0.29, 0.717) is 47.4 Å². The molecule has 5 rings (SSSR count). The largest absolute Gasteiger partial charge is 0.477 e. The standard InChI is InChI=1S/C28H35ClN6O4S/c1-27(2)11-9-19(17-27)18-30-21-5-4-6-24(31-21)40(37,38)34-26(36)20-7-8-22(32-25(20)29)35-15-10-23(33-35)39-16-14-28(3)12-13-28/h4-8,10,15,19H,9,11-14,16-18H2,1-3H3,(H,30,31)(H,34,36). The molecule has 2 aliphatic rings. The highest BCUT2D eigenvalue weighted by Gasteiger charge is 2.36. The van der Waals surface area contributed by atoms with Crippen LogP contribution in [-0.4, -0.2) is 47.2 Å². The lowest BCUT2D eigenvalue weighted by Crippen LogP contribution is -2.31. The van der Waals surface area contributed by atoms with Crippen LogP contribution in [0.3, 0.4) is 0 Å². The van der Waals surface area contributed by atoms with Gasteiger partial charge in [0.1, 0.15) is 11.0 Å². The average molecular weight is 587 g/mol. The quantitative estimate of drug-likeness (QED) is 0.292. The maximum atomic E-state index is 13.0. The average Bonchev–Trinajstić information content (AvgIpc) is 3.28. The Kier molecular flexibility index (Phi) is 7.80. The van der Waals surface area contributed by atoms with E-state index >= 15 is 0 Å². The smallest absolute Gasteiger partial charge is 0.281 e. The molecule has 10 nitrogen and oxygen atoms in total. The first-order valence-corrected chi connectivity index (χ1v) is 15.4. The number of nitrogens with zero attached hydrogens (tertiary/aromatic N) is 4. The van der Waals surface area contributed by atoms with E-state index < -0.39 is 15.9 Å². The number of amides is 1. The zero-order valence-electron chi connectivity index (χ0n) is 23.0. The van der Waals surface area contributed by atoms with Crippen molar-refractivity contribution < 1.29 is 17.9 Å². The van der Waals surface area contributed by atoms with Crippen molar-refractivity contribution >= 4 is 33.3 Å². The molecule has 12 heteroatoms. The van der Waals surface area contributed by atoms with Crippen LogP contribution in [0.25, 0.3) is 5.82 Å². The molecule has 3 aromatic heterocycles. The minimum absolute atomic E-state index is 0.0894. The predicted octanol–water partition coefficient (Wildman–Crippen LogP) is 5.24. The van der Waals surface area contributed by atoms with Crippen molar-refractivity contribution in [3.8, 4) is 11.7 Å². The van der Waals surface area contributed by atoms with E-state index in [2.05, 4.69) is 41.2 Å². The van der Waals surface area contributed by atoms with Crippen LogP contribution in [0.4, 0.5) is 5.82 Å². The number of hydrogen-bond donors (Lipinski definition) is 2. The lowest BCUT2D eigenvalue weighted by atomic mass is 9.90. The highest BCUT2D eigenvalue weighted by molar-refractivity contribution is 7.90. The molecule has 0 radical (unpaired) electrons. The van der Waals surface area contributed by atoms with Crippen molar-refractivity contribution in [2.24, 2.45) is 16.7 Å². The van der Waals surface area contributed by atoms with Crippen LogP contribution in [0, 0.1) is 16.7 Å². The zero-order chi connectivity index (χ0) is 28.5. The Bertz CT molecular complexity index is 1500. The third-order valence-electron chi connectivity index (χ3n) is 7.81. The van der Waals surface area contributed by atoms with Crippen molar-refractivity contribution in [1.82, 2.24) is 24.5 Å². The Balaban J connectivity index is 1.20. The lowest BCUT2D eigenvalue weighted by molar-refractivity contribution is 0.0981. The summed E-state index contributed by atoms with van der Waals surface area (Å²) < 4.78 is 35.2. The normalized spacial score (nSPS) is 19.2. The van der Waals surface area contributed by atoms with Gasteiger partial charge in [0.25, 0.3) is 15.9 Å². The Morgan fingerprint density at radius 2 is 1.93 bits per heavy atom. The molecule has 40 heavy (non-hydrogen) atoms. The molecular formula is C28H35ClN6O4S. The summed E-state index contributed by atoms with van der Waals surface area (Å²) in [5.74, 6) is 0.862. The number of hydrogen-bond acceptors (Lipinski definition) is 8. The van der Waals surface area contributed by atoms with Crippen molar-refractivity contribution in [2.45, 2.75) is 64.3 Å². The van der Waals surface area contributed by atoms with E-state index in [-0.39, 0.29) is 15.7 Å². The summed E-state index contributed by atoms with van der Waals surface area (Å²) in [5, 5.41) is 7.17. The van der Waals surface area contributed by atoms with E-state index in [1.54, 1.807) is 24.4 Å². The van der Waals surface area contributed by atoms with Gasteiger partial charge in [-0.3, -0.25) is 4.79 Å². The van der Waals surface area contributed by atoms with Gasteiger partial charge in [0, 0.05) is 18.8 Å². The topological polar surface area (TPSA) is 128 Å². The second-order valence-corrected chi connectivity index (χ2v) is 14.0. The van der Waals surface area contributed by atoms with Gasteiger partial charge in [0.15, 0.2) is 10.8 Å². The predicted molar refractivity (Wildman–Crippen MR) is 152 cm³/mol. The van der Waals surface area contributed by atoms with E-state index in [1.165, 1.54) is 42.1 Å². The molecule has 0 aromatic carbocycles. The molecule has 0 spiro atoms. The van der Waals surface area contributed by atoms with Gasteiger partial charge in [-0.05, 0) is 79.5 Å². The first-order valence-electron chi connectivity index (χ1n) is 13.6. The molecule has 1 unspecified atom stereocenters. The van der Waals surface area contributed by atoms with Gasteiger partial charge in [-0.1, -0.05) is 38.4 Å².